The van der Waals surface area contributed by atoms with Crippen LogP contribution in [-0.2, 0) is 4.74 Å². The van der Waals surface area contributed by atoms with Crippen LogP contribution in [0.25, 0.3) is 0 Å². The van der Waals surface area contributed by atoms with Crippen LogP contribution in [0.3, 0.4) is 0 Å². The van der Waals surface area contributed by atoms with E-state index < -0.39 is 12.8 Å². The van der Waals surface area contributed by atoms with Crippen molar-refractivity contribution in [1.82, 2.24) is 9.80 Å². The summed E-state index contributed by atoms with van der Waals surface area (Å²) in [6.07, 6.45) is 31.7. The molecule has 2 unspecified atom stereocenters. The van der Waals surface area contributed by atoms with E-state index >= 15 is 0 Å². The second-order valence-corrected chi connectivity index (χ2v) is 13.2. The van der Waals surface area contributed by atoms with Crippen LogP contribution in [0.15, 0.2) is 24.3 Å². The molecule has 0 saturated carbocycles. The number of hydrogen-bond donors (Lipinski definition) is 0. The summed E-state index contributed by atoms with van der Waals surface area (Å²) in [6.45, 7) is 6.49. The second kappa shape index (κ2) is 26.0. The molecule has 0 N–H and O–H groups in total. The molecule has 1 aromatic carbocycles. The van der Waals surface area contributed by atoms with Gasteiger partial charge in [0.1, 0.15) is 11.5 Å². The van der Waals surface area contributed by atoms with Crippen LogP contribution in [0.5, 0.6) is 11.5 Å². The van der Waals surface area contributed by atoms with Crippen LogP contribution < -0.4 is 9.47 Å². The lowest BCUT2D eigenvalue weighted by Gasteiger charge is -2.34. The minimum absolute atomic E-state index is 0.469. The van der Waals surface area contributed by atoms with Crippen LogP contribution in [0, 0.1) is 0 Å². The average Bonchev–Trinajstić information content (AvgIpc) is 3.17. The lowest BCUT2D eigenvalue weighted by atomic mass is 10.1. The summed E-state index contributed by atoms with van der Waals surface area (Å²) in [7, 11) is 4.22. The summed E-state index contributed by atoms with van der Waals surface area (Å²) in [5.41, 5.74) is 0. The van der Waals surface area contributed by atoms with Gasteiger partial charge in [-0.05, 0) is 51.2 Å². The van der Waals surface area contributed by atoms with Crippen molar-refractivity contribution >= 4 is 0 Å². The molecular weight excluding hydrogens is 532 g/mol. The Hall–Kier alpha value is -1.30. The summed E-state index contributed by atoms with van der Waals surface area (Å²) in [5, 5.41) is 0. The Bertz CT molecular complexity index is 682. The van der Waals surface area contributed by atoms with E-state index in [1.165, 1.54) is 141 Å². The van der Waals surface area contributed by atoms with Crippen molar-refractivity contribution in [3.05, 3.63) is 24.3 Å². The molecule has 2 aliphatic heterocycles. The van der Waals surface area contributed by atoms with E-state index in [-0.39, 0.29) is 0 Å². The molecule has 5 heteroatoms. The van der Waals surface area contributed by atoms with Crippen LogP contribution in [0.1, 0.15) is 168 Å². The normalized spacial score (nSPS) is 16.7. The molecule has 1 aromatic rings. The zero-order chi connectivity index (χ0) is 30.8. The monoisotopic (exact) mass is 603 g/mol. The zero-order valence-corrected chi connectivity index (χ0v) is 29.0. The minimum atomic E-state index is -0.469. The fourth-order valence-electron chi connectivity index (χ4n) is 5.99. The number of hydrogen-bond acceptors (Lipinski definition) is 5. The third-order valence-corrected chi connectivity index (χ3v) is 8.98. The van der Waals surface area contributed by atoms with Crippen LogP contribution in [0.2, 0.25) is 0 Å². The molecule has 0 amide bonds. The highest BCUT2D eigenvalue weighted by Crippen LogP contribution is 2.25. The van der Waals surface area contributed by atoms with E-state index in [9.17, 15) is 0 Å². The smallest absolute Gasteiger partial charge is 0.265 e. The van der Waals surface area contributed by atoms with Gasteiger partial charge in [0.15, 0.2) is 0 Å². The van der Waals surface area contributed by atoms with Crippen LogP contribution in [0.4, 0.5) is 0 Å². The van der Waals surface area contributed by atoms with Crippen molar-refractivity contribution in [2.24, 2.45) is 0 Å². The van der Waals surface area contributed by atoms with E-state index in [2.05, 4.69) is 37.7 Å². The highest BCUT2D eigenvalue weighted by molar-refractivity contribution is 5.31. The van der Waals surface area contributed by atoms with E-state index in [1.807, 2.05) is 24.3 Å². The lowest BCUT2D eigenvalue weighted by molar-refractivity contribution is -0.278. The predicted molar refractivity (Wildman–Crippen MR) is 184 cm³/mol. The highest BCUT2D eigenvalue weighted by Gasteiger charge is 2.28. The van der Waals surface area contributed by atoms with Crippen molar-refractivity contribution in [3.8, 4) is 11.5 Å². The Morgan fingerprint density at radius 3 is 0.953 bits per heavy atom. The standard InChI is InChI=1S/C38H70N2O3/c1-5-7-9-11-13-15-17-19-21-23-25-27-33-39(3)37-41-35-29-31-36(32-30-35)42-38(43-37)40(4)34-28-26-24-22-20-18-16-14-12-10-8-6-2/h29-32,37-38H,5-28,33-34H2,1-4H3. The first-order valence-electron chi connectivity index (χ1n) is 18.6. The number of unbranched alkanes of at least 4 members (excludes halogenated alkanes) is 22. The van der Waals surface area contributed by atoms with E-state index in [0.29, 0.717) is 0 Å². The van der Waals surface area contributed by atoms with Gasteiger partial charge in [0.25, 0.3) is 12.8 Å². The number of rotatable bonds is 28. The zero-order valence-electron chi connectivity index (χ0n) is 29.0. The summed E-state index contributed by atoms with van der Waals surface area (Å²) in [5.74, 6) is 1.64. The molecule has 0 spiro atoms. The van der Waals surface area contributed by atoms with Crippen molar-refractivity contribution in [2.45, 2.75) is 181 Å². The minimum Gasteiger partial charge on any atom is -0.451 e. The molecule has 0 saturated heterocycles. The van der Waals surface area contributed by atoms with Gasteiger partial charge < -0.3 is 9.47 Å². The molecule has 250 valence electrons. The van der Waals surface area contributed by atoms with E-state index in [1.54, 1.807) is 0 Å². The van der Waals surface area contributed by atoms with Gasteiger partial charge in [-0.15, -0.1) is 0 Å². The SMILES string of the molecule is CCCCCCCCCCCCCCN(C)C1Oc2ccc(cc2)OC(N(C)CCCCCCCCCCCCCC)O1. The van der Waals surface area contributed by atoms with E-state index in [4.69, 9.17) is 14.2 Å². The Morgan fingerprint density at radius 2 is 0.674 bits per heavy atom. The third-order valence-electron chi connectivity index (χ3n) is 8.98. The molecule has 0 fully saturated rings. The number of ether oxygens (including phenoxy) is 3. The summed E-state index contributed by atoms with van der Waals surface area (Å²) in [6, 6.07) is 7.93. The topological polar surface area (TPSA) is 34.2 Å². The number of nitrogens with zero attached hydrogens (tertiary/aromatic N) is 2. The lowest BCUT2D eigenvalue weighted by Crippen LogP contribution is -2.48. The van der Waals surface area contributed by atoms with Gasteiger partial charge in [0.2, 0.25) is 0 Å². The van der Waals surface area contributed by atoms with Gasteiger partial charge in [-0.1, -0.05) is 155 Å². The van der Waals surface area contributed by atoms with Gasteiger partial charge in [-0.3, -0.25) is 4.74 Å². The first-order valence-corrected chi connectivity index (χ1v) is 18.6. The maximum atomic E-state index is 6.48. The van der Waals surface area contributed by atoms with Crippen LogP contribution in [-0.4, -0.2) is 49.8 Å². The molecule has 0 radical (unpaired) electrons. The maximum absolute atomic E-state index is 6.48. The van der Waals surface area contributed by atoms with Crippen molar-refractivity contribution in [2.75, 3.05) is 27.2 Å². The molecule has 2 bridgehead atoms. The summed E-state index contributed by atoms with van der Waals surface area (Å²) in [4.78, 5) is 4.39. The Kier molecular flexibility index (Phi) is 22.9. The quantitative estimate of drug-likeness (QED) is 0.0891. The molecular formula is C38H70N2O3. The Morgan fingerprint density at radius 1 is 0.419 bits per heavy atom. The van der Waals surface area contributed by atoms with E-state index in [0.717, 1.165) is 37.4 Å². The summed E-state index contributed by atoms with van der Waals surface area (Å²) >= 11 is 0. The molecule has 3 rings (SSSR count). The molecule has 0 aromatic heterocycles. The first-order chi connectivity index (χ1) is 21.1. The fourth-order valence-corrected chi connectivity index (χ4v) is 5.99. The first kappa shape index (κ1) is 37.9. The average molecular weight is 603 g/mol. The largest absolute Gasteiger partial charge is 0.451 e. The van der Waals surface area contributed by atoms with Crippen LogP contribution >= 0.6 is 0 Å². The Balaban J connectivity index is 1.62. The molecule has 2 aliphatic rings. The molecule has 0 aliphatic carbocycles. The number of benzene rings is 1. The molecule has 2 atom stereocenters. The molecule has 43 heavy (non-hydrogen) atoms. The van der Waals surface area contributed by atoms with Crippen molar-refractivity contribution in [3.63, 3.8) is 0 Å². The fraction of sp³-hybridized carbons (Fsp3) is 0.842. The third kappa shape index (κ3) is 19.0. The molecule has 2 heterocycles. The van der Waals surface area contributed by atoms with Crippen molar-refractivity contribution in [1.29, 1.82) is 0 Å². The highest BCUT2D eigenvalue weighted by atomic mass is 16.8. The number of fused-ring (bicyclic) bond motifs is 6. The van der Waals surface area contributed by atoms with Gasteiger partial charge in [-0.2, -0.15) is 0 Å². The van der Waals surface area contributed by atoms with Gasteiger partial charge >= 0.3 is 0 Å². The molecule has 5 nitrogen and oxygen atoms in total. The predicted octanol–water partition coefficient (Wildman–Crippen LogP) is 11.3. The van der Waals surface area contributed by atoms with Gasteiger partial charge in [0.05, 0.1) is 0 Å². The maximum Gasteiger partial charge on any atom is 0.265 e. The van der Waals surface area contributed by atoms with Gasteiger partial charge in [0, 0.05) is 13.1 Å². The Labute approximate surface area is 267 Å². The van der Waals surface area contributed by atoms with Crippen molar-refractivity contribution < 1.29 is 14.2 Å². The second-order valence-electron chi connectivity index (χ2n) is 13.2. The van der Waals surface area contributed by atoms with Gasteiger partial charge in [-0.25, -0.2) is 9.80 Å². The summed E-state index contributed by atoms with van der Waals surface area (Å²) < 4.78 is 19.1.